The number of carbonyl (C=O) groups is 1. The predicted molar refractivity (Wildman–Crippen MR) is 67.8 cm³/mol. The SMILES string of the molecule is CCOC(=O)CCN1CCN(CCCN)CC1. The molecule has 0 aromatic heterocycles. The van der Waals surface area contributed by atoms with E-state index in [0.717, 1.165) is 52.2 Å². The van der Waals surface area contributed by atoms with Crippen LogP contribution in [0.3, 0.4) is 0 Å². The van der Waals surface area contributed by atoms with Crippen LogP contribution >= 0.6 is 0 Å². The zero-order valence-corrected chi connectivity index (χ0v) is 10.9. The summed E-state index contributed by atoms with van der Waals surface area (Å²) >= 11 is 0. The maximum atomic E-state index is 11.2. The Kier molecular flexibility index (Phi) is 7.16. The van der Waals surface area contributed by atoms with Crippen molar-refractivity contribution < 1.29 is 9.53 Å². The Hall–Kier alpha value is -0.650. The fourth-order valence-corrected chi connectivity index (χ4v) is 2.03. The Morgan fingerprint density at radius 1 is 1.18 bits per heavy atom. The van der Waals surface area contributed by atoms with Crippen LogP contribution in [0.2, 0.25) is 0 Å². The van der Waals surface area contributed by atoms with Crippen molar-refractivity contribution >= 4 is 5.97 Å². The molecule has 100 valence electrons. The summed E-state index contributed by atoms with van der Waals surface area (Å²) in [5, 5.41) is 0. The van der Waals surface area contributed by atoms with Gasteiger partial charge in [0.2, 0.25) is 0 Å². The van der Waals surface area contributed by atoms with Crippen molar-refractivity contribution in [2.24, 2.45) is 5.73 Å². The average Bonchev–Trinajstić information content (AvgIpc) is 2.35. The highest BCUT2D eigenvalue weighted by Gasteiger charge is 2.16. The van der Waals surface area contributed by atoms with Gasteiger partial charge in [0.25, 0.3) is 0 Å². The molecule has 1 saturated heterocycles. The lowest BCUT2D eigenvalue weighted by Crippen LogP contribution is -2.47. The molecule has 1 aliphatic rings. The van der Waals surface area contributed by atoms with Crippen molar-refractivity contribution in [1.82, 2.24) is 9.80 Å². The van der Waals surface area contributed by atoms with Gasteiger partial charge in [-0.2, -0.15) is 0 Å². The molecule has 5 nitrogen and oxygen atoms in total. The Labute approximate surface area is 104 Å². The minimum absolute atomic E-state index is 0.0851. The van der Waals surface area contributed by atoms with Crippen molar-refractivity contribution in [3.05, 3.63) is 0 Å². The monoisotopic (exact) mass is 243 g/mol. The Balaban J connectivity index is 2.08. The fourth-order valence-electron chi connectivity index (χ4n) is 2.03. The van der Waals surface area contributed by atoms with E-state index in [-0.39, 0.29) is 5.97 Å². The predicted octanol–water partition coefficient (Wildman–Crippen LogP) is -0.0940. The van der Waals surface area contributed by atoms with Crippen molar-refractivity contribution in [3.8, 4) is 0 Å². The Bertz CT molecular complexity index is 216. The molecule has 0 spiro atoms. The molecule has 0 aliphatic carbocycles. The van der Waals surface area contributed by atoms with Gasteiger partial charge in [-0.3, -0.25) is 4.79 Å². The van der Waals surface area contributed by atoms with E-state index in [9.17, 15) is 4.79 Å². The minimum Gasteiger partial charge on any atom is -0.466 e. The third-order valence-corrected chi connectivity index (χ3v) is 3.08. The van der Waals surface area contributed by atoms with Crippen LogP contribution in [0.4, 0.5) is 0 Å². The van der Waals surface area contributed by atoms with E-state index >= 15 is 0 Å². The quantitative estimate of drug-likeness (QED) is 0.633. The van der Waals surface area contributed by atoms with Crippen LogP contribution in [0.25, 0.3) is 0 Å². The first-order valence-electron chi connectivity index (χ1n) is 6.56. The summed E-state index contributed by atoms with van der Waals surface area (Å²) < 4.78 is 4.92. The molecule has 0 atom stereocenters. The average molecular weight is 243 g/mol. The second-order valence-electron chi connectivity index (χ2n) is 4.38. The number of hydrogen-bond donors (Lipinski definition) is 1. The van der Waals surface area contributed by atoms with Crippen molar-refractivity contribution in [2.75, 3.05) is 52.4 Å². The van der Waals surface area contributed by atoms with Gasteiger partial charge in [-0.15, -0.1) is 0 Å². The second kappa shape index (κ2) is 8.44. The number of esters is 1. The number of piperazine rings is 1. The van der Waals surface area contributed by atoms with Crippen LogP contribution in [0.5, 0.6) is 0 Å². The number of hydrogen-bond acceptors (Lipinski definition) is 5. The van der Waals surface area contributed by atoms with Gasteiger partial charge in [0.1, 0.15) is 0 Å². The lowest BCUT2D eigenvalue weighted by molar-refractivity contribution is -0.143. The first-order chi connectivity index (χ1) is 8.26. The first kappa shape index (κ1) is 14.4. The number of carbonyl (C=O) groups excluding carboxylic acids is 1. The van der Waals surface area contributed by atoms with Crippen molar-refractivity contribution in [1.29, 1.82) is 0 Å². The first-order valence-corrected chi connectivity index (χ1v) is 6.56. The number of nitrogens with zero attached hydrogens (tertiary/aromatic N) is 2. The number of nitrogens with two attached hydrogens (primary N) is 1. The highest BCUT2D eigenvalue weighted by molar-refractivity contribution is 5.69. The summed E-state index contributed by atoms with van der Waals surface area (Å²) in [6.07, 6.45) is 1.58. The van der Waals surface area contributed by atoms with Crippen LogP contribution < -0.4 is 5.73 Å². The van der Waals surface area contributed by atoms with Crippen LogP contribution in [0, 0.1) is 0 Å². The van der Waals surface area contributed by atoms with Gasteiger partial charge >= 0.3 is 5.97 Å². The molecule has 1 fully saturated rings. The van der Waals surface area contributed by atoms with Gasteiger partial charge in [-0.05, 0) is 26.4 Å². The number of ether oxygens (including phenoxy) is 1. The molecule has 0 aromatic rings. The Morgan fingerprint density at radius 2 is 1.76 bits per heavy atom. The maximum Gasteiger partial charge on any atom is 0.307 e. The van der Waals surface area contributed by atoms with Crippen molar-refractivity contribution in [3.63, 3.8) is 0 Å². The van der Waals surface area contributed by atoms with Gasteiger partial charge < -0.3 is 20.3 Å². The largest absolute Gasteiger partial charge is 0.466 e. The Morgan fingerprint density at radius 3 is 2.29 bits per heavy atom. The van der Waals surface area contributed by atoms with Gasteiger partial charge in [-0.1, -0.05) is 0 Å². The summed E-state index contributed by atoms with van der Waals surface area (Å²) in [7, 11) is 0. The molecule has 17 heavy (non-hydrogen) atoms. The standard InChI is InChI=1S/C12H25N3O2/c1-2-17-12(16)4-7-15-10-8-14(9-11-15)6-3-5-13/h2-11,13H2,1H3. The van der Waals surface area contributed by atoms with Gasteiger partial charge in [0, 0.05) is 32.7 Å². The molecule has 5 heteroatoms. The van der Waals surface area contributed by atoms with Gasteiger partial charge in [0.15, 0.2) is 0 Å². The molecule has 0 bridgehead atoms. The normalized spacial score (nSPS) is 18.2. The molecule has 0 aromatic carbocycles. The molecular formula is C12H25N3O2. The summed E-state index contributed by atoms with van der Waals surface area (Å²) in [6, 6.07) is 0. The fraction of sp³-hybridized carbons (Fsp3) is 0.917. The van der Waals surface area contributed by atoms with E-state index in [1.165, 1.54) is 0 Å². The summed E-state index contributed by atoms with van der Waals surface area (Å²) in [4.78, 5) is 16.0. The summed E-state index contributed by atoms with van der Waals surface area (Å²) in [6.45, 7) is 9.27. The summed E-state index contributed by atoms with van der Waals surface area (Å²) in [5.74, 6) is -0.0851. The number of rotatable bonds is 7. The zero-order chi connectivity index (χ0) is 12.5. The van der Waals surface area contributed by atoms with Crippen LogP contribution in [0.15, 0.2) is 0 Å². The molecular weight excluding hydrogens is 218 g/mol. The zero-order valence-electron chi connectivity index (χ0n) is 10.9. The molecule has 0 radical (unpaired) electrons. The molecule has 0 amide bonds. The summed E-state index contributed by atoms with van der Waals surface area (Å²) in [5.41, 5.74) is 5.49. The van der Waals surface area contributed by atoms with Gasteiger partial charge in [0.05, 0.1) is 13.0 Å². The lowest BCUT2D eigenvalue weighted by atomic mass is 10.2. The van der Waals surface area contributed by atoms with E-state index in [1.54, 1.807) is 0 Å². The topological polar surface area (TPSA) is 58.8 Å². The smallest absolute Gasteiger partial charge is 0.307 e. The molecule has 0 unspecified atom stereocenters. The van der Waals surface area contributed by atoms with E-state index in [1.807, 2.05) is 6.92 Å². The highest BCUT2D eigenvalue weighted by Crippen LogP contribution is 2.03. The van der Waals surface area contributed by atoms with Crippen LogP contribution in [-0.2, 0) is 9.53 Å². The molecule has 2 N–H and O–H groups in total. The molecule has 1 rings (SSSR count). The van der Waals surface area contributed by atoms with E-state index in [2.05, 4.69) is 9.80 Å². The molecule has 0 saturated carbocycles. The molecule has 1 heterocycles. The highest BCUT2D eigenvalue weighted by atomic mass is 16.5. The van der Waals surface area contributed by atoms with Crippen LogP contribution in [0.1, 0.15) is 19.8 Å². The lowest BCUT2D eigenvalue weighted by Gasteiger charge is -2.34. The van der Waals surface area contributed by atoms with E-state index in [0.29, 0.717) is 13.0 Å². The third kappa shape index (κ3) is 6.00. The minimum atomic E-state index is -0.0851. The van der Waals surface area contributed by atoms with E-state index in [4.69, 9.17) is 10.5 Å². The molecule has 1 aliphatic heterocycles. The third-order valence-electron chi connectivity index (χ3n) is 3.08. The van der Waals surface area contributed by atoms with E-state index < -0.39 is 0 Å². The van der Waals surface area contributed by atoms with Crippen LogP contribution in [-0.4, -0.2) is 68.2 Å². The second-order valence-corrected chi connectivity index (χ2v) is 4.38. The van der Waals surface area contributed by atoms with Gasteiger partial charge in [-0.25, -0.2) is 0 Å². The maximum absolute atomic E-state index is 11.2. The van der Waals surface area contributed by atoms with Crippen molar-refractivity contribution in [2.45, 2.75) is 19.8 Å².